The summed E-state index contributed by atoms with van der Waals surface area (Å²) in [4.78, 5) is 23.9. The highest BCUT2D eigenvalue weighted by atomic mass is 16.7. The van der Waals surface area contributed by atoms with E-state index in [-0.39, 0.29) is 6.79 Å². The average Bonchev–Trinajstić information content (AvgIpc) is 3.36. The van der Waals surface area contributed by atoms with E-state index in [1.807, 2.05) is 59.2 Å². The minimum Gasteiger partial charge on any atom is -0.454 e. The van der Waals surface area contributed by atoms with Gasteiger partial charge in [-0.05, 0) is 42.0 Å². The maximum Gasteiger partial charge on any atom is 0.251 e. The number of hydrogen-bond acceptors (Lipinski definition) is 4. The van der Waals surface area contributed by atoms with Crippen LogP contribution in [0, 0.1) is 0 Å². The molecule has 3 aromatic carbocycles. The molecule has 5 rings (SSSR count). The van der Waals surface area contributed by atoms with E-state index in [1.165, 1.54) is 0 Å². The van der Waals surface area contributed by atoms with Gasteiger partial charge in [-0.1, -0.05) is 30.3 Å². The minimum atomic E-state index is -0.508. The molecular formula is C24H19N3O4. The molecule has 4 aromatic rings. The fourth-order valence-corrected chi connectivity index (χ4v) is 4.02. The molecule has 0 atom stereocenters. The number of primary amides is 2. The Kier molecular flexibility index (Phi) is 4.36. The molecule has 31 heavy (non-hydrogen) atoms. The number of rotatable bonds is 5. The van der Waals surface area contributed by atoms with Crippen LogP contribution in [-0.2, 0) is 6.54 Å². The second kappa shape index (κ2) is 7.21. The molecule has 1 aliphatic rings. The summed E-state index contributed by atoms with van der Waals surface area (Å²) in [7, 11) is 0. The fourth-order valence-electron chi connectivity index (χ4n) is 4.02. The van der Waals surface area contributed by atoms with Gasteiger partial charge in [-0.25, -0.2) is 0 Å². The van der Waals surface area contributed by atoms with Gasteiger partial charge in [0, 0.05) is 28.6 Å². The van der Waals surface area contributed by atoms with Crippen LogP contribution in [0.1, 0.15) is 26.3 Å². The normalized spacial score (nSPS) is 12.3. The number of ether oxygens (including phenoxy) is 2. The number of para-hydroxylation sites is 1. The molecule has 0 aliphatic carbocycles. The highest BCUT2D eigenvalue weighted by molar-refractivity contribution is 6.12. The van der Waals surface area contributed by atoms with Crippen molar-refractivity contribution in [2.45, 2.75) is 6.54 Å². The van der Waals surface area contributed by atoms with Crippen LogP contribution in [0.25, 0.3) is 22.2 Å². The molecule has 0 unspecified atom stereocenters. The smallest absolute Gasteiger partial charge is 0.251 e. The summed E-state index contributed by atoms with van der Waals surface area (Å²) in [6.07, 6.45) is 0. The van der Waals surface area contributed by atoms with Crippen molar-refractivity contribution >= 4 is 22.7 Å². The highest BCUT2D eigenvalue weighted by Gasteiger charge is 2.24. The van der Waals surface area contributed by atoms with Gasteiger partial charge in [0.1, 0.15) is 0 Å². The summed E-state index contributed by atoms with van der Waals surface area (Å²) in [6.45, 7) is 0.632. The molecule has 0 bridgehead atoms. The molecule has 0 radical (unpaired) electrons. The number of nitrogens with two attached hydrogens (primary N) is 2. The molecule has 0 saturated carbocycles. The molecule has 4 N–H and O–H groups in total. The van der Waals surface area contributed by atoms with Gasteiger partial charge in [-0.15, -0.1) is 0 Å². The second-order valence-corrected chi connectivity index (χ2v) is 7.32. The lowest BCUT2D eigenvalue weighted by Gasteiger charge is -2.13. The Hall–Kier alpha value is -4.26. The second-order valence-electron chi connectivity index (χ2n) is 7.32. The number of carbonyl (C=O) groups excluding carboxylic acids is 2. The Balaban J connectivity index is 1.72. The van der Waals surface area contributed by atoms with Gasteiger partial charge in [-0.3, -0.25) is 9.59 Å². The van der Waals surface area contributed by atoms with Crippen LogP contribution in [0.5, 0.6) is 11.5 Å². The molecule has 1 aliphatic heterocycles. The van der Waals surface area contributed by atoms with Crippen LogP contribution < -0.4 is 20.9 Å². The number of fused-ring (bicyclic) bond motifs is 2. The van der Waals surface area contributed by atoms with Gasteiger partial charge >= 0.3 is 0 Å². The topological polar surface area (TPSA) is 110 Å². The highest BCUT2D eigenvalue weighted by Crippen LogP contribution is 2.40. The number of hydrogen-bond donors (Lipinski definition) is 2. The van der Waals surface area contributed by atoms with Crippen molar-refractivity contribution in [2.24, 2.45) is 11.5 Å². The first-order valence-corrected chi connectivity index (χ1v) is 9.72. The molecule has 7 heteroatoms. The molecule has 2 amide bonds. The number of benzene rings is 3. The maximum atomic E-state index is 12.5. The number of carbonyl (C=O) groups is 2. The Morgan fingerprint density at radius 1 is 0.871 bits per heavy atom. The number of amides is 2. The predicted molar refractivity (Wildman–Crippen MR) is 116 cm³/mol. The third kappa shape index (κ3) is 3.16. The van der Waals surface area contributed by atoms with E-state index in [0.717, 1.165) is 22.0 Å². The summed E-state index contributed by atoms with van der Waals surface area (Å²) < 4.78 is 13.0. The van der Waals surface area contributed by atoms with E-state index in [1.54, 1.807) is 12.1 Å². The lowest BCUT2D eigenvalue weighted by atomic mass is 10.0. The third-order valence-electron chi connectivity index (χ3n) is 5.44. The average molecular weight is 413 g/mol. The summed E-state index contributed by atoms with van der Waals surface area (Å²) in [5, 5.41) is 0.774. The number of aromatic nitrogens is 1. The van der Waals surface area contributed by atoms with E-state index >= 15 is 0 Å². The molecule has 1 aromatic heterocycles. The van der Waals surface area contributed by atoms with E-state index in [9.17, 15) is 9.59 Å². The standard InChI is InChI=1S/C24H19N3O4/c25-23(28)15-7-5-14(6-8-15)12-27-18-4-2-1-3-17(18)21(24(26)29)22(27)16-9-10-19-20(11-16)31-13-30-19/h1-11H,12-13H2,(H2,25,28)(H2,26,29). The molecule has 7 nitrogen and oxygen atoms in total. The zero-order chi connectivity index (χ0) is 21.5. The largest absolute Gasteiger partial charge is 0.454 e. The lowest BCUT2D eigenvalue weighted by molar-refractivity contribution is 0.0992. The minimum absolute atomic E-state index is 0.163. The van der Waals surface area contributed by atoms with Gasteiger partial charge in [-0.2, -0.15) is 0 Å². The molecule has 154 valence electrons. The van der Waals surface area contributed by atoms with E-state index in [4.69, 9.17) is 20.9 Å². The van der Waals surface area contributed by atoms with E-state index < -0.39 is 11.8 Å². The van der Waals surface area contributed by atoms with Gasteiger partial charge in [0.05, 0.1) is 11.3 Å². The zero-order valence-corrected chi connectivity index (χ0v) is 16.5. The van der Waals surface area contributed by atoms with Gasteiger partial charge in [0.15, 0.2) is 11.5 Å². The summed E-state index contributed by atoms with van der Waals surface area (Å²) >= 11 is 0. The predicted octanol–water partition coefficient (Wildman–Crippen LogP) is 3.28. The quantitative estimate of drug-likeness (QED) is 0.523. The molecular weight excluding hydrogens is 394 g/mol. The molecule has 0 fully saturated rings. The molecule has 0 saturated heterocycles. The van der Waals surface area contributed by atoms with Gasteiger partial charge < -0.3 is 25.5 Å². The third-order valence-corrected chi connectivity index (χ3v) is 5.44. The van der Waals surface area contributed by atoms with Crippen molar-refractivity contribution < 1.29 is 19.1 Å². The van der Waals surface area contributed by atoms with Crippen LogP contribution in [0.3, 0.4) is 0 Å². The van der Waals surface area contributed by atoms with E-state index in [0.29, 0.717) is 34.9 Å². The molecule has 0 spiro atoms. The summed E-state index contributed by atoms with van der Waals surface area (Å²) in [6, 6.07) is 20.3. The van der Waals surface area contributed by atoms with Crippen molar-refractivity contribution in [1.29, 1.82) is 0 Å². The van der Waals surface area contributed by atoms with Crippen molar-refractivity contribution in [3.05, 3.63) is 83.4 Å². The van der Waals surface area contributed by atoms with Crippen LogP contribution in [0.2, 0.25) is 0 Å². The van der Waals surface area contributed by atoms with Crippen molar-refractivity contribution in [1.82, 2.24) is 4.57 Å². The van der Waals surface area contributed by atoms with Gasteiger partial charge in [0.2, 0.25) is 12.7 Å². The Bertz CT molecular complexity index is 1340. The van der Waals surface area contributed by atoms with Crippen LogP contribution in [0.4, 0.5) is 0 Å². The zero-order valence-electron chi connectivity index (χ0n) is 16.5. The van der Waals surface area contributed by atoms with Crippen LogP contribution in [-0.4, -0.2) is 23.2 Å². The van der Waals surface area contributed by atoms with Crippen molar-refractivity contribution in [3.63, 3.8) is 0 Å². The maximum absolute atomic E-state index is 12.5. The fraction of sp³-hybridized carbons (Fsp3) is 0.0833. The van der Waals surface area contributed by atoms with Crippen molar-refractivity contribution in [3.8, 4) is 22.8 Å². The van der Waals surface area contributed by atoms with Crippen molar-refractivity contribution in [2.75, 3.05) is 6.79 Å². The molecule has 2 heterocycles. The number of nitrogens with zero attached hydrogens (tertiary/aromatic N) is 1. The first kappa shape index (κ1) is 18.7. The Labute approximate surface area is 177 Å². The SMILES string of the molecule is NC(=O)c1ccc(Cn2c(-c3ccc4c(c3)OCO4)c(C(N)=O)c3ccccc32)cc1. The van der Waals surface area contributed by atoms with Crippen LogP contribution in [0.15, 0.2) is 66.7 Å². The first-order valence-electron chi connectivity index (χ1n) is 9.72. The first-order chi connectivity index (χ1) is 15.0. The lowest BCUT2D eigenvalue weighted by Crippen LogP contribution is -2.13. The Morgan fingerprint density at radius 3 is 2.35 bits per heavy atom. The Morgan fingerprint density at radius 2 is 1.61 bits per heavy atom. The van der Waals surface area contributed by atoms with Gasteiger partial charge in [0.25, 0.3) is 5.91 Å². The monoisotopic (exact) mass is 413 g/mol. The van der Waals surface area contributed by atoms with E-state index in [2.05, 4.69) is 0 Å². The van der Waals surface area contributed by atoms with Crippen LogP contribution >= 0.6 is 0 Å². The summed E-state index contributed by atoms with van der Waals surface area (Å²) in [5.41, 5.74) is 15.4. The summed E-state index contributed by atoms with van der Waals surface area (Å²) in [5.74, 6) is 0.298.